The lowest BCUT2D eigenvalue weighted by molar-refractivity contribution is 0.0948. The van der Waals surface area contributed by atoms with Gasteiger partial charge in [0.1, 0.15) is 0 Å². The first-order valence-electron chi connectivity index (χ1n) is 6.31. The van der Waals surface area contributed by atoms with E-state index in [0.717, 1.165) is 19.3 Å². The van der Waals surface area contributed by atoms with Crippen LogP contribution in [0.1, 0.15) is 23.0 Å². The van der Waals surface area contributed by atoms with Gasteiger partial charge in [0.15, 0.2) is 5.69 Å². The van der Waals surface area contributed by atoms with Crippen LogP contribution in [-0.2, 0) is 10.0 Å². The van der Waals surface area contributed by atoms with Crippen LogP contribution in [0, 0.1) is 0 Å². The fourth-order valence-corrected chi connectivity index (χ4v) is 2.17. The molecule has 0 radical (unpaired) electrons. The molecular weight excluding hydrogens is 284 g/mol. The van der Waals surface area contributed by atoms with Gasteiger partial charge in [-0.2, -0.15) is 0 Å². The van der Waals surface area contributed by atoms with Crippen molar-refractivity contribution in [3.63, 3.8) is 0 Å². The van der Waals surface area contributed by atoms with E-state index in [0.29, 0.717) is 19.5 Å². The molecule has 1 aliphatic rings. The molecule has 112 valence electrons. The quantitative estimate of drug-likeness (QED) is 0.506. The lowest BCUT2D eigenvalue weighted by Crippen LogP contribution is -2.43. The van der Waals surface area contributed by atoms with Gasteiger partial charge in [0, 0.05) is 26.2 Å². The zero-order valence-electron chi connectivity index (χ0n) is 11.2. The van der Waals surface area contributed by atoms with Gasteiger partial charge in [0.05, 0.1) is 18.5 Å². The predicted octanol–water partition coefficient (Wildman–Crippen LogP) is -1.91. The van der Waals surface area contributed by atoms with Gasteiger partial charge in [-0.1, -0.05) is 5.21 Å². The molecule has 1 aliphatic heterocycles. The highest BCUT2D eigenvalue weighted by Gasteiger charge is 2.21. The van der Waals surface area contributed by atoms with Gasteiger partial charge >= 0.3 is 0 Å². The topological polar surface area (TPSA) is 118 Å². The predicted molar refractivity (Wildman–Crippen MR) is 71.7 cm³/mol. The average Bonchev–Trinajstić information content (AvgIpc) is 2.73. The highest BCUT2D eigenvalue weighted by Crippen LogP contribution is 2.09. The average molecular weight is 302 g/mol. The van der Waals surface area contributed by atoms with E-state index in [-0.39, 0.29) is 17.6 Å². The molecule has 1 aromatic heterocycles. The van der Waals surface area contributed by atoms with Gasteiger partial charge in [0.2, 0.25) is 10.0 Å². The number of nitrogens with zero attached hydrogens (tertiary/aromatic N) is 3. The van der Waals surface area contributed by atoms with E-state index in [1.165, 1.54) is 0 Å². The van der Waals surface area contributed by atoms with Crippen molar-refractivity contribution in [2.45, 2.75) is 12.5 Å². The summed E-state index contributed by atoms with van der Waals surface area (Å²) in [6, 6.07) is 0.267. The zero-order valence-corrected chi connectivity index (χ0v) is 12.0. The Labute approximate surface area is 117 Å². The first-order chi connectivity index (χ1) is 9.46. The molecule has 0 aromatic carbocycles. The van der Waals surface area contributed by atoms with E-state index in [1.54, 1.807) is 10.9 Å². The van der Waals surface area contributed by atoms with Crippen LogP contribution in [0.4, 0.5) is 0 Å². The number of hydrogen-bond acceptors (Lipinski definition) is 6. The summed E-state index contributed by atoms with van der Waals surface area (Å²) in [4.78, 5) is 11.8. The molecule has 0 atom stereocenters. The van der Waals surface area contributed by atoms with Crippen molar-refractivity contribution in [1.29, 1.82) is 0 Å². The number of hydrogen-bond donors (Lipinski definition) is 3. The summed E-state index contributed by atoms with van der Waals surface area (Å²) >= 11 is 0. The molecule has 1 saturated heterocycles. The third kappa shape index (κ3) is 4.25. The van der Waals surface area contributed by atoms with Crippen molar-refractivity contribution in [2.75, 3.05) is 32.4 Å². The second kappa shape index (κ2) is 6.29. The molecule has 0 spiro atoms. The van der Waals surface area contributed by atoms with Crippen molar-refractivity contribution in [3.05, 3.63) is 11.9 Å². The number of carbonyl (C=O) groups excluding carboxylic acids is 1. The Hall–Kier alpha value is -1.52. The minimum Gasteiger partial charge on any atom is -0.351 e. The van der Waals surface area contributed by atoms with Gasteiger partial charge in [-0.25, -0.2) is 17.8 Å². The molecule has 2 heterocycles. The minimum absolute atomic E-state index is 0.267. The first kappa shape index (κ1) is 14.9. The van der Waals surface area contributed by atoms with E-state index in [4.69, 9.17) is 0 Å². The molecule has 0 bridgehead atoms. The van der Waals surface area contributed by atoms with Crippen LogP contribution in [0.2, 0.25) is 0 Å². The molecule has 1 fully saturated rings. The molecule has 3 N–H and O–H groups in total. The lowest BCUT2D eigenvalue weighted by atomic mass is 10.2. The minimum atomic E-state index is -3.17. The van der Waals surface area contributed by atoms with Gasteiger partial charge in [-0.05, 0) is 6.42 Å². The Bertz CT molecular complexity index is 565. The summed E-state index contributed by atoms with van der Waals surface area (Å²) in [5.74, 6) is -0.303. The first-order valence-corrected chi connectivity index (χ1v) is 8.20. The smallest absolute Gasteiger partial charge is 0.273 e. The summed E-state index contributed by atoms with van der Waals surface area (Å²) in [6.45, 7) is 2.34. The van der Waals surface area contributed by atoms with Crippen molar-refractivity contribution >= 4 is 15.9 Å². The zero-order chi connectivity index (χ0) is 14.6. The Morgan fingerprint density at radius 3 is 2.85 bits per heavy atom. The molecule has 1 amide bonds. The largest absolute Gasteiger partial charge is 0.351 e. The standard InChI is InChI=1S/C10H18N6O3S/c1-20(18,19)13-4-2-3-12-10(17)9-7-16(15-14-9)8-5-11-6-8/h7-8,11,13H,2-6H2,1H3,(H,12,17). The molecule has 1 aromatic rings. The van der Waals surface area contributed by atoms with Crippen LogP contribution in [0.15, 0.2) is 6.20 Å². The maximum absolute atomic E-state index is 11.8. The third-order valence-corrected chi connectivity index (χ3v) is 3.61. The molecule has 0 saturated carbocycles. The van der Waals surface area contributed by atoms with E-state index < -0.39 is 10.0 Å². The monoisotopic (exact) mass is 302 g/mol. The fraction of sp³-hybridized carbons (Fsp3) is 0.700. The highest BCUT2D eigenvalue weighted by atomic mass is 32.2. The van der Waals surface area contributed by atoms with Gasteiger partial charge < -0.3 is 10.6 Å². The van der Waals surface area contributed by atoms with Crippen LogP contribution in [-0.4, -0.2) is 61.8 Å². The summed E-state index contributed by atoms with van der Waals surface area (Å²) in [7, 11) is -3.17. The van der Waals surface area contributed by atoms with Crippen molar-refractivity contribution in [3.8, 4) is 0 Å². The number of rotatable bonds is 7. The molecule has 20 heavy (non-hydrogen) atoms. The van der Waals surface area contributed by atoms with Crippen LogP contribution in [0.25, 0.3) is 0 Å². The van der Waals surface area contributed by atoms with E-state index >= 15 is 0 Å². The Morgan fingerprint density at radius 2 is 2.25 bits per heavy atom. The van der Waals surface area contributed by atoms with Crippen molar-refractivity contribution in [1.82, 2.24) is 30.3 Å². The molecule has 9 nitrogen and oxygen atoms in total. The molecule has 0 aliphatic carbocycles. The number of amides is 1. The highest BCUT2D eigenvalue weighted by molar-refractivity contribution is 7.88. The molecular formula is C10H18N6O3S. The number of aromatic nitrogens is 3. The van der Waals surface area contributed by atoms with E-state index in [9.17, 15) is 13.2 Å². The van der Waals surface area contributed by atoms with Crippen LogP contribution in [0.3, 0.4) is 0 Å². The summed E-state index contributed by atoms with van der Waals surface area (Å²) in [6.07, 6.45) is 3.23. The van der Waals surface area contributed by atoms with E-state index in [2.05, 4.69) is 25.7 Å². The summed E-state index contributed by atoms with van der Waals surface area (Å²) in [5.41, 5.74) is 0.271. The number of sulfonamides is 1. The number of carbonyl (C=O) groups is 1. The van der Waals surface area contributed by atoms with Gasteiger partial charge in [-0.3, -0.25) is 4.79 Å². The maximum Gasteiger partial charge on any atom is 0.273 e. The Balaban J connectivity index is 1.70. The van der Waals surface area contributed by atoms with E-state index in [1.807, 2.05) is 0 Å². The van der Waals surface area contributed by atoms with Crippen molar-refractivity contribution < 1.29 is 13.2 Å². The normalized spacial score (nSPS) is 15.8. The van der Waals surface area contributed by atoms with Crippen LogP contribution < -0.4 is 15.4 Å². The fourth-order valence-electron chi connectivity index (χ4n) is 1.66. The second-order valence-electron chi connectivity index (χ2n) is 4.67. The molecule has 0 unspecified atom stereocenters. The number of nitrogens with one attached hydrogen (secondary N) is 3. The van der Waals surface area contributed by atoms with Gasteiger partial charge in [0.25, 0.3) is 5.91 Å². The SMILES string of the molecule is CS(=O)(=O)NCCCNC(=O)c1cn(C2CNC2)nn1. The summed E-state index contributed by atoms with van der Waals surface area (Å²) < 4.78 is 25.7. The summed E-state index contributed by atoms with van der Waals surface area (Å²) in [5, 5.41) is 13.5. The molecule has 10 heteroatoms. The van der Waals surface area contributed by atoms with Gasteiger partial charge in [-0.15, -0.1) is 5.10 Å². The van der Waals surface area contributed by atoms with Crippen LogP contribution >= 0.6 is 0 Å². The second-order valence-corrected chi connectivity index (χ2v) is 6.50. The molecule has 2 rings (SSSR count). The lowest BCUT2D eigenvalue weighted by Gasteiger charge is -2.26. The Morgan fingerprint density at radius 1 is 1.50 bits per heavy atom. The van der Waals surface area contributed by atoms with Crippen LogP contribution in [0.5, 0.6) is 0 Å². The third-order valence-electron chi connectivity index (χ3n) is 2.88. The van der Waals surface area contributed by atoms with Crippen molar-refractivity contribution in [2.24, 2.45) is 0 Å². The Kier molecular flexibility index (Phi) is 4.68. The maximum atomic E-state index is 11.8.